The maximum atomic E-state index is 5.71. The number of aromatic nitrogens is 1. The van der Waals surface area contributed by atoms with Crippen molar-refractivity contribution < 1.29 is 4.74 Å². The highest BCUT2D eigenvalue weighted by atomic mass is 32.1. The van der Waals surface area contributed by atoms with Crippen molar-refractivity contribution in [2.24, 2.45) is 4.99 Å². The number of hydrogen-bond donors (Lipinski definition) is 2. The van der Waals surface area contributed by atoms with Crippen LogP contribution in [0.4, 0.5) is 0 Å². The van der Waals surface area contributed by atoms with Crippen molar-refractivity contribution in [3.8, 4) is 5.75 Å². The quantitative estimate of drug-likeness (QED) is 0.438. The van der Waals surface area contributed by atoms with Gasteiger partial charge in [-0.1, -0.05) is 17.7 Å². The molecule has 2 rings (SSSR count). The molecule has 2 aromatic rings. The number of aryl methyl sites for hydroxylation is 2. The van der Waals surface area contributed by atoms with Crippen LogP contribution < -0.4 is 15.4 Å². The Morgan fingerprint density at radius 1 is 1.21 bits per heavy atom. The van der Waals surface area contributed by atoms with E-state index in [-0.39, 0.29) is 0 Å². The predicted octanol–water partition coefficient (Wildman–Crippen LogP) is 2.94. The minimum absolute atomic E-state index is 0.596. The Hall–Kier alpha value is -2.08. The zero-order chi connectivity index (χ0) is 17.2. The van der Waals surface area contributed by atoms with E-state index in [1.165, 1.54) is 5.56 Å². The number of hydrogen-bond acceptors (Lipinski definition) is 4. The fraction of sp³-hybridized carbons (Fsp3) is 0.444. The predicted molar refractivity (Wildman–Crippen MR) is 101 cm³/mol. The molecule has 6 heteroatoms. The van der Waals surface area contributed by atoms with E-state index in [4.69, 9.17) is 4.74 Å². The van der Waals surface area contributed by atoms with Crippen molar-refractivity contribution in [1.29, 1.82) is 0 Å². The third-order valence-corrected chi connectivity index (χ3v) is 4.16. The molecule has 0 aliphatic carbocycles. The van der Waals surface area contributed by atoms with Gasteiger partial charge in [-0.25, -0.2) is 4.98 Å². The Morgan fingerprint density at radius 2 is 2.00 bits per heavy atom. The average Bonchev–Trinajstić information content (AvgIpc) is 2.98. The van der Waals surface area contributed by atoms with Gasteiger partial charge >= 0.3 is 0 Å². The van der Waals surface area contributed by atoms with Crippen LogP contribution in [0.1, 0.15) is 23.2 Å². The third-order valence-electron chi connectivity index (χ3n) is 3.33. The molecule has 130 valence electrons. The summed E-state index contributed by atoms with van der Waals surface area (Å²) in [5, 5.41) is 9.74. The molecular weight excluding hydrogens is 320 g/mol. The Kier molecular flexibility index (Phi) is 7.55. The molecule has 2 N–H and O–H groups in total. The van der Waals surface area contributed by atoms with Crippen LogP contribution in [0.2, 0.25) is 0 Å². The normalized spacial score (nSPS) is 11.4. The zero-order valence-electron chi connectivity index (χ0n) is 14.6. The molecule has 0 amide bonds. The molecule has 1 aromatic heterocycles. The van der Waals surface area contributed by atoms with Gasteiger partial charge in [0, 0.05) is 24.9 Å². The summed E-state index contributed by atoms with van der Waals surface area (Å²) in [7, 11) is 0. The minimum atomic E-state index is 0.596. The lowest BCUT2D eigenvalue weighted by molar-refractivity contribution is 0.322. The first-order valence-electron chi connectivity index (χ1n) is 8.30. The fourth-order valence-electron chi connectivity index (χ4n) is 2.12. The number of aliphatic imine (C=N–C) groups is 1. The van der Waals surface area contributed by atoms with Crippen LogP contribution in [0.15, 0.2) is 34.6 Å². The molecule has 0 saturated carbocycles. The second-order valence-corrected chi connectivity index (χ2v) is 6.52. The lowest BCUT2D eigenvalue weighted by Crippen LogP contribution is -2.39. The highest BCUT2D eigenvalue weighted by Crippen LogP contribution is 2.10. The van der Waals surface area contributed by atoms with Gasteiger partial charge in [0.05, 0.1) is 17.2 Å². The summed E-state index contributed by atoms with van der Waals surface area (Å²) in [5.74, 6) is 1.71. The van der Waals surface area contributed by atoms with Crippen molar-refractivity contribution in [3.05, 3.63) is 45.9 Å². The lowest BCUT2D eigenvalue weighted by Gasteiger charge is -2.12. The average molecular weight is 347 g/mol. The van der Waals surface area contributed by atoms with Gasteiger partial charge in [-0.3, -0.25) is 4.99 Å². The van der Waals surface area contributed by atoms with Crippen molar-refractivity contribution in [2.45, 2.75) is 27.2 Å². The van der Waals surface area contributed by atoms with E-state index in [0.717, 1.165) is 41.9 Å². The first-order valence-corrected chi connectivity index (χ1v) is 9.18. The van der Waals surface area contributed by atoms with Crippen molar-refractivity contribution in [3.63, 3.8) is 0 Å². The van der Waals surface area contributed by atoms with E-state index in [2.05, 4.69) is 52.0 Å². The molecule has 0 aliphatic heterocycles. The van der Waals surface area contributed by atoms with E-state index in [0.29, 0.717) is 13.2 Å². The van der Waals surface area contributed by atoms with Gasteiger partial charge < -0.3 is 15.4 Å². The molecule has 0 saturated heterocycles. The minimum Gasteiger partial charge on any atom is -0.492 e. The van der Waals surface area contributed by atoms with Crippen LogP contribution in [-0.4, -0.2) is 37.2 Å². The molecule has 0 radical (unpaired) electrons. The highest BCUT2D eigenvalue weighted by Gasteiger charge is 2.00. The fourth-order valence-corrected chi connectivity index (χ4v) is 2.77. The number of rotatable bonds is 8. The van der Waals surface area contributed by atoms with Gasteiger partial charge in [0.2, 0.25) is 0 Å². The number of benzene rings is 1. The number of thiazole rings is 1. The van der Waals surface area contributed by atoms with Crippen molar-refractivity contribution in [1.82, 2.24) is 15.6 Å². The molecule has 5 nitrogen and oxygen atoms in total. The largest absolute Gasteiger partial charge is 0.492 e. The molecular formula is C18H26N4OS. The van der Waals surface area contributed by atoms with E-state index >= 15 is 0 Å². The molecule has 0 atom stereocenters. The Morgan fingerprint density at radius 3 is 2.67 bits per heavy atom. The zero-order valence-corrected chi connectivity index (χ0v) is 15.4. The summed E-state index contributed by atoms with van der Waals surface area (Å²) in [6.07, 6.45) is 0.862. The van der Waals surface area contributed by atoms with Gasteiger partial charge in [0.15, 0.2) is 5.96 Å². The maximum Gasteiger partial charge on any atom is 0.191 e. The van der Waals surface area contributed by atoms with Crippen molar-refractivity contribution in [2.75, 3.05) is 26.2 Å². The van der Waals surface area contributed by atoms with Crippen LogP contribution >= 0.6 is 11.3 Å². The molecule has 1 aromatic carbocycles. The van der Waals surface area contributed by atoms with Gasteiger partial charge in [-0.15, -0.1) is 11.3 Å². The Balaban J connectivity index is 1.71. The number of nitrogens with one attached hydrogen (secondary N) is 2. The van der Waals surface area contributed by atoms with Crippen LogP contribution in [0, 0.1) is 13.8 Å². The topological polar surface area (TPSA) is 58.5 Å². The van der Waals surface area contributed by atoms with Crippen LogP contribution in [0.5, 0.6) is 5.75 Å². The summed E-state index contributed by atoms with van der Waals surface area (Å²) >= 11 is 1.68. The number of nitrogens with zero attached hydrogens (tertiary/aromatic N) is 2. The second kappa shape index (κ2) is 9.93. The standard InChI is InChI=1S/C18H26N4OS/c1-4-19-18(20-10-9-16-13-24-15(3)22-16)21-11-12-23-17-7-5-14(2)6-8-17/h5-8,13H,4,9-12H2,1-3H3,(H2,19,20,21). The molecule has 0 fully saturated rings. The molecule has 0 spiro atoms. The van der Waals surface area contributed by atoms with Crippen LogP contribution in [-0.2, 0) is 6.42 Å². The molecule has 24 heavy (non-hydrogen) atoms. The lowest BCUT2D eigenvalue weighted by atomic mass is 10.2. The van der Waals surface area contributed by atoms with E-state index < -0.39 is 0 Å². The first kappa shape index (κ1) is 18.3. The number of ether oxygens (including phenoxy) is 1. The molecule has 0 aliphatic rings. The summed E-state index contributed by atoms with van der Waals surface area (Å²) in [4.78, 5) is 9.03. The van der Waals surface area contributed by atoms with Crippen LogP contribution in [0.3, 0.4) is 0 Å². The van der Waals surface area contributed by atoms with E-state index in [9.17, 15) is 0 Å². The molecule has 0 unspecified atom stereocenters. The second-order valence-electron chi connectivity index (χ2n) is 5.46. The molecule has 1 heterocycles. The summed E-state index contributed by atoms with van der Waals surface area (Å²) in [5.41, 5.74) is 2.34. The first-order chi connectivity index (χ1) is 11.7. The maximum absolute atomic E-state index is 5.71. The monoisotopic (exact) mass is 346 g/mol. The van der Waals surface area contributed by atoms with Gasteiger partial charge in [0.1, 0.15) is 12.4 Å². The van der Waals surface area contributed by atoms with E-state index in [1.807, 2.05) is 19.1 Å². The SMILES string of the molecule is CCNC(=NCCc1csc(C)n1)NCCOc1ccc(C)cc1. The Labute approximate surface area is 148 Å². The van der Waals surface area contributed by atoms with Crippen LogP contribution in [0.25, 0.3) is 0 Å². The van der Waals surface area contributed by atoms with Gasteiger partial charge in [-0.2, -0.15) is 0 Å². The van der Waals surface area contributed by atoms with E-state index in [1.54, 1.807) is 11.3 Å². The third kappa shape index (κ3) is 6.58. The summed E-state index contributed by atoms with van der Waals surface area (Å²) < 4.78 is 5.71. The summed E-state index contributed by atoms with van der Waals surface area (Å²) in [6.45, 7) is 9.00. The van der Waals surface area contributed by atoms with Gasteiger partial charge in [-0.05, 0) is 32.9 Å². The van der Waals surface area contributed by atoms with Gasteiger partial charge in [0.25, 0.3) is 0 Å². The Bertz CT molecular complexity index is 637. The smallest absolute Gasteiger partial charge is 0.191 e. The molecule has 0 bridgehead atoms. The summed E-state index contributed by atoms with van der Waals surface area (Å²) in [6, 6.07) is 8.08. The highest BCUT2D eigenvalue weighted by molar-refractivity contribution is 7.09. The van der Waals surface area contributed by atoms with Crippen molar-refractivity contribution >= 4 is 17.3 Å². The number of guanidine groups is 1.